The number of nitrogens with one attached hydrogen (secondary N) is 2. The number of nitrogens with two attached hydrogens (primary N) is 1. The Balaban J connectivity index is 1.19. The Morgan fingerprint density at radius 2 is 1.62 bits per heavy atom. The maximum absolute atomic E-state index is 13.0. The summed E-state index contributed by atoms with van der Waals surface area (Å²) in [4.78, 5) is 51.8. The van der Waals surface area contributed by atoms with Gasteiger partial charge in [0.05, 0.1) is 16.6 Å². The van der Waals surface area contributed by atoms with Crippen LogP contribution in [-0.2, 0) is 6.18 Å². The number of primary amides is 1. The summed E-state index contributed by atoms with van der Waals surface area (Å²) in [6.07, 6.45) is -3.65. The lowest BCUT2D eigenvalue weighted by atomic mass is 10.1. The number of fused-ring (bicyclic) bond motifs is 1. The van der Waals surface area contributed by atoms with Gasteiger partial charge in [0, 0.05) is 43.5 Å². The number of alkyl halides is 3. The number of carbonyl (C=O) groups excluding carboxylic acids is 3. The number of aromatic amines is 1. The number of para-hydroxylation sites is 1. The molecule has 1 aliphatic heterocycles. The second-order valence-electron chi connectivity index (χ2n) is 8.86. The molecule has 4 aromatic rings. The Bertz CT molecular complexity index is 1540. The second kappa shape index (κ2) is 10.1. The zero-order valence-corrected chi connectivity index (χ0v) is 20.3. The minimum absolute atomic E-state index is 0.143. The number of hydrogen-bond donors (Lipinski definition) is 3. The molecule has 5 rings (SSSR count). The first-order chi connectivity index (χ1) is 18.6. The summed E-state index contributed by atoms with van der Waals surface area (Å²) in [5.41, 5.74) is 6.35. The van der Waals surface area contributed by atoms with Gasteiger partial charge in [-0.3, -0.25) is 19.7 Å². The third-order valence-corrected chi connectivity index (χ3v) is 6.37. The van der Waals surface area contributed by atoms with E-state index in [9.17, 15) is 27.6 Å². The van der Waals surface area contributed by atoms with E-state index in [1.165, 1.54) is 18.2 Å². The molecule has 13 heteroatoms. The number of nitrogens with zero attached hydrogens (tertiary/aromatic N) is 4. The number of halogens is 3. The highest BCUT2D eigenvalue weighted by Crippen LogP contribution is 2.29. The maximum Gasteiger partial charge on any atom is 0.417 e. The molecule has 1 saturated heterocycles. The molecule has 0 saturated carbocycles. The first-order valence-electron chi connectivity index (χ1n) is 11.9. The predicted molar refractivity (Wildman–Crippen MR) is 136 cm³/mol. The second-order valence-corrected chi connectivity index (χ2v) is 8.86. The van der Waals surface area contributed by atoms with E-state index in [2.05, 4.69) is 20.3 Å². The van der Waals surface area contributed by atoms with Crippen LogP contribution in [0.15, 0.2) is 60.8 Å². The summed E-state index contributed by atoms with van der Waals surface area (Å²) < 4.78 is 38.3. The normalized spacial score (nSPS) is 13.9. The first-order valence-corrected chi connectivity index (χ1v) is 11.9. The standard InChI is InChI=1S/C26H22F3N7O3/c27-26(28,29)17-8-9-20(31-14-17)35-10-12-36(13-11-35)24(39)16-6-4-15(5-7-16)23(38)34-25-32-19-3-1-2-18(22(30)37)21(19)33-25/h1-9,14H,10-13H2,(H2,30,37)(H2,32,33,34,38). The first kappa shape index (κ1) is 25.7. The van der Waals surface area contributed by atoms with Crippen LogP contribution in [0.3, 0.4) is 0 Å². The zero-order valence-electron chi connectivity index (χ0n) is 20.3. The topological polar surface area (TPSA) is 137 Å². The quantitative estimate of drug-likeness (QED) is 0.357. The molecule has 1 fully saturated rings. The van der Waals surface area contributed by atoms with Gasteiger partial charge in [-0.2, -0.15) is 13.2 Å². The predicted octanol–water partition coefficient (Wildman–Crippen LogP) is 3.29. The largest absolute Gasteiger partial charge is 0.417 e. The van der Waals surface area contributed by atoms with Crippen molar-refractivity contribution >= 4 is 40.5 Å². The van der Waals surface area contributed by atoms with Crippen LogP contribution in [-0.4, -0.2) is 63.8 Å². The van der Waals surface area contributed by atoms with Gasteiger partial charge in [0.2, 0.25) is 5.95 Å². The van der Waals surface area contributed by atoms with Gasteiger partial charge in [-0.25, -0.2) is 9.97 Å². The fourth-order valence-electron chi connectivity index (χ4n) is 4.30. The Hall–Kier alpha value is -4.94. The van der Waals surface area contributed by atoms with E-state index in [4.69, 9.17) is 5.73 Å². The van der Waals surface area contributed by atoms with E-state index in [1.807, 2.05) is 4.90 Å². The van der Waals surface area contributed by atoms with Gasteiger partial charge < -0.3 is 20.5 Å². The molecule has 0 radical (unpaired) electrons. The molecule has 39 heavy (non-hydrogen) atoms. The fourth-order valence-corrected chi connectivity index (χ4v) is 4.30. The van der Waals surface area contributed by atoms with Crippen molar-refractivity contribution in [1.29, 1.82) is 0 Å². The highest BCUT2D eigenvalue weighted by Gasteiger charge is 2.31. The molecule has 2 aromatic carbocycles. The van der Waals surface area contributed by atoms with Crippen LogP contribution in [0.4, 0.5) is 24.9 Å². The molecule has 2 aromatic heterocycles. The molecule has 1 aliphatic rings. The van der Waals surface area contributed by atoms with Crippen LogP contribution >= 0.6 is 0 Å². The number of piperazine rings is 1. The molecule has 0 atom stereocenters. The summed E-state index contributed by atoms with van der Waals surface area (Å²) >= 11 is 0. The van der Waals surface area contributed by atoms with Crippen molar-refractivity contribution in [1.82, 2.24) is 19.9 Å². The van der Waals surface area contributed by atoms with Gasteiger partial charge in [0.15, 0.2) is 0 Å². The van der Waals surface area contributed by atoms with Crippen LogP contribution in [0.2, 0.25) is 0 Å². The third kappa shape index (κ3) is 5.37. The lowest BCUT2D eigenvalue weighted by molar-refractivity contribution is -0.137. The number of amides is 3. The van der Waals surface area contributed by atoms with Crippen LogP contribution < -0.4 is 16.0 Å². The van der Waals surface area contributed by atoms with E-state index in [1.54, 1.807) is 35.2 Å². The smallest absolute Gasteiger partial charge is 0.366 e. The number of H-pyrrole nitrogens is 1. The summed E-state index contributed by atoms with van der Waals surface area (Å²) in [7, 11) is 0. The highest BCUT2D eigenvalue weighted by molar-refractivity contribution is 6.07. The highest BCUT2D eigenvalue weighted by atomic mass is 19.4. The summed E-state index contributed by atoms with van der Waals surface area (Å²) in [5, 5.41) is 2.63. The minimum atomic E-state index is -4.45. The summed E-state index contributed by atoms with van der Waals surface area (Å²) in [6.45, 7) is 1.56. The number of rotatable bonds is 5. The number of benzene rings is 2. The van der Waals surface area contributed by atoms with E-state index in [0.29, 0.717) is 54.2 Å². The Morgan fingerprint density at radius 1 is 0.923 bits per heavy atom. The summed E-state index contributed by atoms with van der Waals surface area (Å²) in [5.74, 6) is -0.766. The Kier molecular flexibility index (Phi) is 6.64. The molecule has 10 nitrogen and oxygen atoms in total. The number of carbonyl (C=O) groups is 3. The maximum atomic E-state index is 13.0. The molecule has 200 valence electrons. The number of pyridine rings is 1. The zero-order chi connectivity index (χ0) is 27.7. The molecule has 0 unspecified atom stereocenters. The van der Waals surface area contributed by atoms with Crippen molar-refractivity contribution in [3.63, 3.8) is 0 Å². The van der Waals surface area contributed by atoms with Gasteiger partial charge in [-0.1, -0.05) is 6.07 Å². The fraction of sp³-hybridized carbons (Fsp3) is 0.192. The molecule has 0 bridgehead atoms. The van der Waals surface area contributed by atoms with Crippen molar-refractivity contribution in [2.45, 2.75) is 6.18 Å². The van der Waals surface area contributed by atoms with Gasteiger partial charge in [-0.05, 0) is 48.5 Å². The number of aromatic nitrogens is 3. The van der Waals surface area contributed by atoms with E-state index >= 15 is 0 Å². The van der Waals surface area contributed by atoms with Crippen LogP contribution in [0, 0.1) is 0 Å². The van der Waals surface area contributed by atoms with Crippen molar-refractivity contribution < 1.29 is 27.6 Å². The summed E-state index contributed by atoms with van der Waals surface area (Å²) in [6, 6.07) is 13.3. The lowest BCUT2D eigenvalue weighted by Gasteiger charge is -2.35. The van der Waals surface area contributed by atoms with Crippen molar-refractivity contribution in [3.05, 3.63) is 83.0 Å². The Morgan fingerprint density at radius 3 is 2.23 bits per heavy atom. The molecule has 0 aliphatic carbocycles. The van der Waals surface area contributed by atoms with E-state index in [0.717, 1.165) is 12.3 Å². The molecular formula is C26H22F3N7O3. The average molecular weight is 538 g/mol. The van der Waals surface area contributed by atoms with E-state index < -0.39 is 23.6 Å². The molecular weight excluding hydrogens is 515 g/mol. The molecule has 4 N–H and O–H groups in total. The van der Waals surface area contributed by atoms with Gasteiger partial charge >= 0.3 is 6.18 Å². The number of hydrogen-bond acceptors (Lipinski definition) is 6. The average Bonchev–Trinajstić information content (AvgIpc) is 3.35. The van der Waals surface area contributed by atoms with Crippen molar-refractivity contribution in [2.75, 3.05) is 36.4 Å². The molecule has 0 spiro atoms. The SMILES string of the molecule is NC(=O)c1cccc2[nH]c(NC(=O)c3ccc(C(=O)N4CCN(c5ccc(C(F)(F)F)cn5)CC4)cc3)nc12. The monoisotopic (exact) mass is 537 g/mol. The minimum Gasteiger partial charge on any atom is -0.366 e. The lowest BCUT2D eigenvalue weighted by Crippen LogP contribution is -2.49. The van der Waals surface area contributed by atoms with Crippen LogP contribution in [0.25, 0.3) is 11.0 Å². The van der Waals surface area contributed by atoms with Crippen molar-refractivity contribution in [2.24, 2.45) is 5.73 Å². The van der Waals surface area contributed by atoms with Crippen LogP contribution in [0.5, 0.6) is 0 Å². The van der Waals surface area contributed by atoms with Gasteiger partial charge in [-0.15, -0.1) is 0 Å². The number of anilines is 2. The van der Waals surface area contributed by atoms with Gasteiger partial charge in [0.1, 0.15) is 11.3 Å². The van der Waals surface area contributed by atoms with Crippen molar-refractivity contribution in [3.8, 4) is 0 Å². The Labute approximate surface area is 219 Å². The van der Waals surface area contributed by atoms with Gasteiger partial charge in [0.25, 0.3) is 17.7 Å². The number of imidazole rings is 1. The third-order valence-electron chi connectivity index (χ3n) is 6.37. The molecule has 3 heterocycles. The molecule has 3 amide bonds. The van der Waals surface area contributed by atoms with Crippen LogP contribution in [0.1, 0.15) is 36.6 Å². The van der Waals surface area contributed by atoms with E-state index in [-0.39, 0.29) is 17.4 Å².